The number of benzene rings is 1. The van der Waals surface area contributed by atoms with E-state index in [-0.39, 0.29) is 24.7 Å². The van der Waals surface area contributed by atoms with Crippen LogP contribution in [0, 0.1) is 11.8 Å². The summed E-state index contributed by atoms with van der Waals surface area (Å²) in [5.74, 6) is 6.28. The largest absolute Gasteiger partial charge is 0.497 e. The van der Waals surface area contributed by atoms with Gasteiger partial charge in [-0.3, -0.25) is 14.9 Å². The molecule has 1 saturated heterocycles. The Bertz CT molecular complexity index is 1540. The second-order valence-corrected chi connectivity index (χ2v) is 9.16. The molecule has 2 N–H and O–H groups in total. The number of amides is 4. The maximum absolute atomic E-state index is 13.2. The molecular formula is C27H25N7O5. The van der Waals surface area contributed by atoms with Crippen LogP contribution in [0.25, 0.3) is 11.3 Å². The van der Waals surface area contributed by atoms with E-state index in [4.69, 9.17) is 9.47 Å². The Morgan fingerprint density at radius 3 is 2.49 bits per heavy atom. The van der Waals surface area contributed by atoms with E-state index in [1.54, 1.807) is 47.6 Å². The van der Waals surface area contributed by atoms with E-state index in [0.29, 0.717) is 34.3 Å². The van der Waals surface area contributed by atoms with E-state index in [2.05, 4.69) is 37.4 Å². The van der Waals surface area contributed by atoms with E-state index in [9.17, 15) is 14.4 Å². The zero-order chi connectivity index (χ0) is 27.7. The molecule has 0 radical (unpaired) electrons. The number of methoxy groups -OCH3 is 2. The molecule has 0 aliphatic carbocycles. The lowest BCUT2D eigenvalue weighted by Gasteiger charge is -2.26. The zero-order valence-corrected chi connectivity index (χ0v) is 21.7. The number of aromatic nitrogens is 3. The van der Waals surface area contributed by atoms with Gasteiger partial charge in [0.05, 0.1) is 26.5 Å². The molecule has 12 heteroatoms. The van der Waals surface area contributed by atoms with Crippen molar-refractivity contribution >= 4 is 23.8 Å². The molecular weight excluding hydrogens is 502 g/mol. The second kappa shape index (κ2) is 9.94. The molecule has 1 aromatic carbocycles. The smallest absolute Gasteiger partial charge is 0.323 e. The van der Waals surface area contributed by atoms with Gasteiger partial charge in [0, 0.05) is 44.2 Å². The van der Waals surface area contributed by atoms with E-state index in [0.717, 1.165) is 5.56 Å². The van der Waals surface area contributed by atoms with E-state index < -0.39 is 17.5 Å². The number of anilines is 1. The lowest BCUT2D eigenvalue weighted by molar-refractivity contribution is -0.122. The molecule has 2 aliphatic heterocycles. The summed E-state index contributed by atoms with van der Waals surface area (Å²) in [6.07, 6.45) is 3.29. The Labute approximate surface area is 224 Å². The van der Waals surface area contributed by atoms with Crippen LogP contribution in [-0.2, 0) is 11.3 Å². The molecule has 0 saturated carbocycles. The number of urea groups is 1. The van der Waals surface area contributed by atoms with Gasteiger partial charge in [-0.25, -0.2) is 19.7 Å². The number of carbonyl (C=O) groups is 3. The standard InChI is InChI=1S/C27H25N7O5/c1-33(2)25-28-12-17(13-29-25)20-7-8-22(39-4)21(30-20)9-10-27(24(36)31-26(37)32-27)15-34-14-16-5-6-18(38-3)11-19(16)23(34)35/h5-8,11-13H,14-15H2,1-4H3,(H2,31,32,36,37). The van der Waals surface area contributed by atoms with Crippen LogP contribution in [0.15, 0.2) is 42.7 Å². The van der Waals surface area contributed by atoms with Crippen molar-refractivity contribution in [2.45, 2.75) is 12.1 Å². The lowest BCUT2D eigenvalue weighted by Crippen LogP contribution is -2.54. The lowest BCUT2D eigenvalue weighted by atomic mass is 9.99. The van der Waals surface area contributed by atoms with Crippen molar-refractivity contribution in [3.8, 4) is 34.6 Å². The van der Waals surface area contributed by atoms with Crippen LogP contribution in [0.2, 0.25) is 0 Å². The number of imide groups is 1. The first-order valence-corrected chi connectivity index (χ1v) is 11.9. The van der Waals surface area contributed by atoms with Crippen molar-refractivity contribution < 1.29 is 23.9 Å². The summed E-state index contributed by atoms with van der Waals surface area (Å²) in [5, 5.41) is 4.83. The van der Waals surface area contributed by atoms with Gasteiger partial charge >= 0.3 is 6.03 Å². The van der Waals surface area contributed by atoms with Crippen molar-refractivity contribution in [1.29, 1.82) is 0 Å². The molecule has 4 heterocycles. The average molecular weight is 528 g/mol. The highest BCUT2D eigenvalue weighted by atomic mass is 16.5. The molecule has 1 unspecified atom stereocenters. The van der Waals surface area contributed by atoms with Crippen molar-refractivity contribution in [3.63, 3.8) is 0 Å². The summed E-state index contributed by atoms with van der Waals surface area (Å²) in [4.78, 5) is 54.8. The number of carbonyl (C=O) groups excluding carboxylic acids is 3. The fourth-order valence-electron chi connectivity index (χ4n) is 4.32. The third-order valence-corrected chi connectivity index (χ3v) is 6.37. The number of rotatable bonds is 6. The molecule has 2 aliphatic rings. The topological polar surface area (TPSA) is 139 Å². The van der Waals surface area contributed by atoms with Gasteiger partial charge in [-0.15, -0.1) is 0 Å². The van der Waals surface area contributed by atoms with Crippen molar-refractivity contribution in [2.75, 3.05) is 39.8 Å². The highest BCUT2D eigenvalue weighted by Gasteiger charge is 2.48. The Kier molecular flexibility index (Phi) is 6.49. The molecule has 1 atom stereocenters. The van der Waals surface area contributed by atoms with E-state index in [1.165, 1.54) is 19.1 Å². The fourth-order valence-corrected chi connectivity index (χ4v) is 4.32. The minimum absolute atomic E-state index is 0.171. The zero-order valence-electron chi connectivity index (χ0n) is 21.7. The maximum atomic E-state index is 13.2. The number of nitrogens with zero attached hydrogens (tertiary/aromatic N) is 5. The summed E-state index contributed by atoms with van der Waals surface area (Å²) in [6.45, 7) is 0.0833. The molecule has 0 bridgehead atoms. The average Bonchev–Trinajstić information content (AvgIpc) is 3.40. The normalized spacial score (nSPS) is 17.6. The summed E-state index contributed by atoms with van der Waals surface area (Å²) < 4.78 is 10.7. The number of fused-ring (bicyclic) bond motifs is 1. The summed E-state index contributed by atoms with van der Waals surface area (Å²) in [7, 11) is 6.68. The van der Waals surface area contributed by atoms with Crippen LogP contribution >= 0.6 is 0 Å². The summed E-state index contributed by atoms with van der Waals surface area (Å²) in [5.41, 5.74) is 0.994. The minimum Gasteiger partial charge on any atom is -0.497 e. The van der Waals surface area contributed by atoms with Crippen LogP contribution in [0.3, 0.4) is 0 Å². The van der Waals surface area contributed by atoms with Gasteiger partial charge in [-0.2, -0.15) is 0 Å². The Balaban J connectivity index is 1.48. The SMILES string of the molecule is COc1ccc2c(c1)C(=O)N(CC1(C#Cc3nc(-c4cnc(N(C)C)nc4)ccc3OC)NC(=O)NC1=O)C2. The molecule has 5 rings (SSSR count). The first kappa shape index (κ1) is 25.5. The van der Waals surface area contributed by atoms with Gasteiger partial charge in [0.15, 0.2) is 11.4 Å². The van der Waals surface area contributed by atoms with Gasteiger partial charge < -0.3 is 24.6 Å². The van der Waals surface area contributed by atoms with Gasteiger partial charge in [-0.1, -0.05) is 12.0 Å². The number of hydrogen-bond acceptors (Lipinski definition) is 9. The number of pyridine rings is 1. The Morgan fingerprint density at radius 1 is 1.08 bits per heavy atom. The first-order chi connectivity index (χ1) is 18.7. The maximum Gasteiger partial charge on any atom is 0.323 e. The summed E-state index contributed by atoms with van der Waals surface area (Å²) >= 11 is 0. The third-order valence-electron chi connectivity index (χ3n) is 6.37. The van der Waals surface area contributed by atoms with Crippen LogP contribution in [0.4, 0.5) is 10.7 Å². The number of hydrogen-bond donors (Lipinski definition) is 2. The van der Waals surface area contributed by atoms with E-state index in [1.807, 2.05) is 14.1 Å². The molecule has 0 spiro atoms. The predicted octanol–water partition coefficient (Wildman–Crippen LogP) is 1.21. The molecule has 3 aromatic rings. The van der Waals surface area contributed by atoms with Gasteiger partial charge in [0.25, 0.3) is 11.8 Å². The highest BCUT2D eigenvalue weighted by Crippen LogP contribution is 2.29. The van der Waals surface area contributed by atoms with E-state index >= 15 is 0 Å². The van der Waals surface area contributed by atoms with Gasteiger partial charge in [-0.05, 0) is 35.7 Å². The van der Waals surface area contributed by atoms with Crippen molar-refractivity contribution in [1.82, 2.24) is 30.5 Å². The third kappa shape index (κ3) is 4.77. The first-order valence-electron chi connectivity index (χ1n) is 11.9. The summed E-state index contributed by atoms with van der Waals surface area (Å²) in [6, 6.07) is 7.95. The molecule has 198 valence electrons. The quantitative estimate of drug-likeness (QED) is 0.358. The predicted molar refractivity (Wildman–Crippen MR) is 140 cm³/mol. The number of nitrogens with one attached hydrogen (secondary N) is 2. The van der Waals surface area contributed by atoms with Gasteiger partial charge in [0.2, 0.25) is 11.5 Å². The fraction of sp³-hybridized carbons (Fsp3) is 0.259. The van der Waals surface area contributed by atoms with Crippen LogP contribution in [0.1, 0.15) is 21.6 Å². The van der Waals surface area contributed by atoms with Crippen molar-refractivity contribution in [2.24, 2.45) is 0 Å². The molecule has 4 amide bonds. The Hall–Kier alpha value is -5.18. The number of ether oxygens (including phenoxy) is 2. The molecule has 1 fully saturated rings. The molecule has 12 nitrogen and oxygen atoms in total. The monoisotopic (exact) mass is 527 g/mol. The van der Waals surface area contributed by atoms with Crippen LogP contribution in [0.5, 0.6) is 11.5 Å². The van der Waals surface area contributed by atoms with Crippen molar-refractivity contribution in [3.05, 3.63) is 59.5 Å². The van der Waals surface area contributed by atoms with Crippen LogP contribution < -0.4 is 25.0 Å². The molecule has 39 heavy (non-hydrogen) atoms. The highest BCUT2D eigenvalue weighted by molar-refractivity contribution is 6.10. The Morgan fingerprint density at radius 2 is 1.85 bits per heavy atom. The second-order valence-electron chi connectivity index (χ2n) is 9.16. The van der Waals surface area contributed by atoms with Gasteiger partial charge in [0.1, 0.15) is 5.75 Å². The minimum atomic E-state index is -1.70. The van der Waals surface area contributed by atoms with Crippen LogP contribution in [-0.4, -0.2) is 78.1 Å². The molecule has 2 aromatic heterocycles.